The molecule has 1 rings (SSSR count). The van der Waals surface area contributed by atoms with Gasteiger partial charge in [-0.1, -0.05) is 13.8 Å². The van der Waals surface area contributed by atoms with Crippen molar-refractivity contribution in [1.29, 1.82) is 0 Å². The number of nitrogens with zero attached hydrogens (tertiary/aromatic N) is 3. The van der Waals surface area contributed by atoms with E-state index < -0.39 is 0 Å². The number of nitrogens with one attached hydrogen (secondary N) is 1. The molecule has 17 heavy (non-hydrogen) atoms. The van der Waals surface area contributed by atoms with Crippen LogP contribution in [-0.2, 0) is 11.8 Å². The molecule has 0 aliphatic carbocycles. The summed E-state index contributed by atoms with van der Waals surface area (Å²) in [6.45, 7) is 5.90. The Balaban J connectivity index is 2.96. The molecule has 1 aromatic heterocycles. The summed E-state index contributed by atoms with van der Waals surface area (Å²) >= 11 is 5.15. The molecule has 0 saturated carbocycles. The molecular weight excluding hydrogens is 236 g/mol. The molecule has 0 fully saturated rings. The summed E-state index contributed by atoms with van der Waals surface area (Å²) in [7, 11) is 3.65. The highest BCUT2D eigenvalue weighted by Crippen LogP contribution is 2.17. The lowest BCUT2D eigenvalue weighted by atomic mass is 10.1. The van der Waals surface area contributed by atoms with Crippen LogP contribution in [-0.4, -0.2) is 41.1 Å². The molecule has 98 valence electrons. The lowest BCUT2D eigenvalue weighted by Gasteiger charge is -2.30. The van der Waals surface area contributed by atoms with Gasteiger partial charge in [0.1, 0.15) is 0 Å². The zero-order valence-electron chi connectivity index (χ0n) is 11.1. The smallest absolute Gasteiger partial charge is 0.225 e. The molecule has 0 aliphatic rings. The minimum atomic E-state index is 0.467. The zero-order chi connectivity index (χ0) is 12.8. The lowest BCUT2D eigenvalue weighted by Crippen LogP contribution is -2.38. The van der Waals surface area contributed by atoms with Gasteiger partial charge in [-0.3, -0.25) is 4.57 Å². The van der Waals surface area contributed by atoms with E-state index in [0.29, 0.717) is 17.4 Å². The average molecular weight is 258 g/mol. The van der Waals surface area contributed by atoms with Crippen LogP contribution in [0.5, 0.6) is 0 Å². The molecule has 0 atom stereocenters. The van der Waals surface area contributed by atoms with Crippen LogP contribution in [0.4, 0.5) is 5.95 Å². The summed E-state index contributed by atoms with van der Waals surface area (Å²) < 4.78 is 7.72. The van der Waals surface area contributed by atoms with Crippen LogP contribution >= 0.6 is 12.2 Å². The maximum absolute atomic E-state index is 5.16. The average Bonchev–Trinajstić information content (AvgIpc) is 2.66. The van der Waals surface area contributed by atoms with E-state index in [2.05, 4.69) is 28.9 Å². The monoisotopic (exact) mass is 258 g/mol. The predicted molar refractivity (Wildman–Crippen MR) is 72.0 cm³/mol. The first-order chi connectivity index (χ1) is 8.15. The van der Waals surface area contributed by atoms with Gasteiger partial charge in [0, 0.05) is 26.7 Å². The number of hydrogen-bond acceptors (Lipinski definition) is 4. The molecule has 0 bridgehead atoms. The second-order valence-corrected chi connectivity index (χ2v) is 4.43. The van der Waals surface area contributed by atoms with Crippen molar-refractivity contribution in [3.8, 4) is 0 Å². The molecule has 0 spiro atoms. The maximum Gasteiger partial charge on any atom is 0.225 e. The van der Waals surface area contributed by atoms with Crippen molar-refractivity contribution in [2.75, 3.05) is 25.2 Å². The van der Waals surface area contributed by atoms with Crippen molar-refractivity contribution in [1.82, 2.24) is 14.8 Å². The van der Waals surface area contributed by atoms with Gasteiger partial charge in [0.2, 0.25) is 5.95 Å². The first-order valence-electron chi connectivity index (χ1n) is 6.02. The van der Waals surface area contributed by atoms with Crippen molar-refractivity contribution in [2.24, 2.45) is 7.05 Å². The Bertz CT molecular complexity index is 383. The second kappa shape index (κ2) is 6.76. The fourth-order valence-electron chi connectivity index (χ4n) is 1.96. The topological polar surface area (TPSA) is 46.1 Å². The largest absolute Gasteiger partial charge is 0.383 e. The van der Waals surface area contributed by atoms with E-state index in [4.69, 9.17) is 17.0 Å². The first-order valence-corrected chi connectivity index (χ1v) is 6.43. The highest BCUT2D eigenvalue weighted by molar-refractivity contribution is 7.71. The van der Waals surface area contributed by atoms with Gasteiger partial charge in [-0.2, -0.15) is 0 Å². The number of rotatable bonds is 7. The molecule has 0 aromatic carbocycles. The highest BCUT2D eigenvalue weighted by Gasteiger charge is 2.19. The van der Waals surface area contributed by atoms with Crippen molar-refractivity contribution in [3.63, 3.8) is 0 Å². The molecule has 0 aliphatic heterocycles. The number of H-pyrrole nitrogens is 1. The third kappa shape index (κ3) is 3.29. The van der Waals surface area contributed by atoms with E-state index in [1.165, 1.54) is 0 Å². The van der Waals surface area contributed by atoms with E-state index in [9.17, 15) is 0 Å². The SMILES string of the molecule is CCC(CC)N(CCOC)c1n[nH]c(=S)n1C. The van der Waals surface area contributed by atoms with Crippen LogP contribution in [0.2, 0.25) is 0 Å². The number of hydrogen-bond donors (Lipinski definition) is 1. The standard InChI is InChI=1S/C11H22N4OS/c1-5-9(6-2)15(7-8-16-4)10-12-13-11(17)14(10)3/h9H,5-8H2,1-4H3,(H,13,17). The van der Waals surface area contributed by atoms with Crippen molar-refractivity contribution in [3.05, 3.63) is 4.77 Å². The molecule has 1 aromatic rings. The van der Waals surface area contributed by atoms with E-state index in [0.717, 1.165) is 25.3 Å². The van der Waals surface area contributed by atoms with Crippen LogP contribution < -0.4 is 4.90 Å². The van der Waals surface area contributed by atoms with Gasteiger partial charge in [-0.05, 0) is 25.1 Å². The van der Waals surface area contributed by atoms with E-state index in [-0.39, 0.29) is 0 Å². The van der Waals surface area contributed by atoms with Gasteiger partial charge >= 0.3 is 0 Å². The second-order valence-electron chi connectivity index (χ2n) is 4.04. The number of methoxy groups -OCH3 is 1. The summed E-state index contributed by atoms with van der Waals surface area (Å²) in [5.74, 6) is 0.890. The Morgan fingerprint density at radius 3 is 2.53 bits per heavy atom. The fraction of sp³-hybridized carbons (Fsp3) is 0.818. The number of ether oxygens (including phenoxy) is 1. The van der Waals surface area contributed by atoms with E-state index in [1.54, 1.807) is 7.11 Å². The van der Waals surface area contributed by atoms with Crippen molar-refractivity contribution < 1.29 is 4.74 Å². The minimum Gasteiger partial charge on any atom is -0.383 e. The molecule has 0 amide bonds. The van der Waals surface area contributed by atoms with Gasteiger partial charge < -0.3 is 9.64 Å². The van der Waals surface area contributed by atoms with Gasteiger partial charge in [-0.15, -0.1) is 5.10 Å². The zero-order valence-corrected chi connectivity index (χ0v) is 11.9. The molecule has 0 unspecified atom stereocenters. The van der Waals surface area contributed by atoms with Gasteiger partial charge in [-0.25, -0.2) is 5.10 Å². The molecule has 1 heterocycles. The summed E-state index contributed by atoms with van der Waals surface area (Å²) in [5, 5.41) is 7.13. The quantitative estimate of drug-likeness (QED) is 0.761. The molecule has 1 N–H and O–H groups in total. The number of anilines is 1. The van der Waals surface area contributed by atoms with Gasteiger partial charge in [0.05, 0.1) is 6.61 Å². The number of aromatic nitrogens is 3. The van der Waals surface area contributed by atoms with Crippen LogP contribution in [0.1, 0.15) is 26.7 Å². The van der Waals surface area contributed by atoms with Crippen molar-refractivity contribution in [2.45, 2.75) is 32.7 Å². The molecule has 5 nitrogen and oxygen atoms in total. The third-order valence-electron chi connectivity index (χ3n) is 3.03. The summed E-state index contributed by atoms with van der Waals surface area (Å²) in [6, 6.07) is 0.467. The normalized spacial score (nSPS) is 11.1. The highest BCUT2D eigenvalue weighted by atomic mass is 32.1. The Hall–Kier alpha value is -0.880. The summed E-state index contributed by atoms with van der Waals surface area (Å²) in [4.78, 5) is 2.26. The van der Waals surface area contributed by atoms with Gasteiger partial charge in [0.25, 0.3) is 0 Å². The van der Waals surface area contributed by atoms with Crippen LogP contribution in [0.3, 0.4) is 0 Å². The molecular formula is C11H22N4OS. The van der Waals surface area contributed by atoms with Crippen LogP contribution in [0.15, 0.2) is 0 Å². The Morgan fingerprint density at radius 1 is 1.47 bits per heavy atom. The lowest BCUT2D eigenvalue weighted by molar-refractivity contribution is 0.202. The Labute approximate surface area is 108 Å². The maximum atomic E-state index is 5.16. The first kappa shape index (κ1) is 14.2. The minimum absolute atomic E-state index is 0.467. The summed E-state index contributed by atoms with van der Waals surface area (Å²) in [6.07, 6.45) is 2.17. The molecule has 0 radical (unpaired) electrons. The third-order valence-corrected chi connectivity index (χ3v) is 3.40. The van der Waals surface area contributed by atoms with Crippen molar-refractivity contribution >= 4 is 18.2 Å². The van der Waals surface area contributed by atoms with Gasteiger partial charge in [0.15, 0.2) is 4.77 Å². The Kier molecular flexibility index (Phi) is 5.64. The van der Waals surface area contributed by atoms with E-state index in [1.807, 2.05) is 11.6 Å². The Morgan fingerprint density at radius 2 is 2.12 bits per heavy atom. The summed E-state index contributed by atoms with van der Waals surface area (Å²) in [5.41, 5.74) is 0. The van der Waals surface area contributed by atoms with Crippen LogP contribution in [0.25, 0.3) is 0 Å². The predicted octanol–water partition coefficient (Wildman–Crippen LogP) is 2.12. The van der Waals surface area contributed by atoms with E-state index >= 15 is 0 Å². The molecule has 6 heteroatoms. The fourth-order valence-corrected chi connectivity index (χ4v) is 2.09. The number of aromatic amines is 1. The van der Waals surface area contributed by atoms with Crippen LogP contribution in [0, 0.1) is 4.77 Å². The molecule has 0 saturated heterocycles.